The van der Waals surface area contributed by atoms with Crippen molar-refractivity contribution in [3.05, 3.63) is 53.6 Å². The zero-order valence-electron chi connectivity index (χ0n) is 16.5. The Morgan fingerprint density at radius 3 is 2.78 bits per heavy atom. The average Bonchev–Trinajstić information content (AvgIpc) is 2.92. The minimum absolute atomic E-state index is 0.00143. The summed E-state index contributed by atoms with van der Waals surface area (Å²) < 4.78 is 0. The van der Waals surface area contributed by atoms with Crippen LogP contribution in [-0.4, -0.2) is 47.1 Å². The fourth-order valence-electron chi connectivity index (χ4n) is 3.56. The molecule has 0 spiro atoms. The van der Waals surface area contributed by atoms with Crippen LogP contribution in [0.3, 0.4) is 0 Å². The highest BCUT2D eigenvalue weighted by Gasteiger charge is 2.22. The highest BCUT2D eigenvalue weighted by Crippen LogP contribution is 2.20. The Bertz CT molecular complexity index is 779. The smallest absolute Gasteiger partial charge is 0.317 e. The Labute approximate surface area is 161 Å². The van der Waals surface area contributed by atoms with Gasteiger partial charge in [0.1, 0.15) is 0 Å². The van der Waals surface area contributed by atoms with E-state index in [2.05, 4.69) is 40.1 Å². The number of aryl methyl sites for hydroxylation is 2. The summed E-state index contributed by atoms with van der Waals surface area (Å²) in [7, 11) is 0. The number of aromatic nitrogens is 2. The van der Waals surface area contributed by atoms with Crippen LogP contribution in [0.1, 0.15) is 42.6 Å². The molecule has 144 valence electrons. The maximum absolute atomic E-state index is 12.8. The highest BCUT2D eigenvalue weighted by atomic mass is 16.2. The van der Waals surface area contributed by atoms with Crippen molar-refractivity contribution in [1.29, 1.82) is 0 Å². The molecular weight excluding hydrogens is 338 g/mol. The maximum Gasteiger partial charge on any atom is 0.317 e. The SMILES string of the molecule is CC[C@@H](NC(=O)N1CCCN(c2ccncc2C)CC1)c1cc(C)ccn1. The molecule has 6 nitrogen and oxygen atoms in total. The maximum atomic E-state index is 12.8. The summed E-state index contributed by atoms with van der Waals surface area (Å²) in [4.78, 5) is 25.7. The number of amides is 2. The van der Waals surface area contributed by atoms with Crippen LogP contribution in [0.4, 0.5) is 10.5 Å². The molecule has 0 aliphatic carbocycles. The number of hydrogen-bond donors (Lipinski definition) is 1. The summed E-state index contributed by atoms with van der Waals surface area (Å²) in [5, 5.41) is 3.17. The first kappa shape index (κ1) is 19.1. The number of rotatable bonds is 4. The number of nitrogens with zero attached hydrogens (tertiary/aromatic N) is 4. The third-order valence-corrected chi connectivity index (χ3v) is 5.11. The molecule has 1 atom stereocenters. The van der Waals surface area contributed by atoms with Gasteiger partial charge in [-0.25, -0.2) is 4.79 Å². The molecule has 0 aromatic carbocycles. The van der Waals surface area contributed by atoms with Crippen molar-refractivity contribution in [2.24, 2.45) is 0 Å². The zero-order chi connectivity index (χ0) is 19.2. The molecule has 2 aromatic rings. The van der Waals surface area contributed by atoms with Crippen LogP contribution >= 0.6 is 0 Å². The molecule has 1 saturated heterocycles. The van der Waals surface area contributed by atoms with Crippen molar-refractivity contribution in [3.8, 4) is 0 Å². The molecule has 0 saturated carbocycles. The predicted molar refractivity (Wildman–Crippen MR) is 108 cm³/mol. The largest absolute Gasteiger partial charge is 0.369 e. The van der Waals surface area contributed by atoms with Gasteiger partial charge in [-0.3, -0.25) is 9.97 Å². The van der Waals surface area contributed by atoms with Crippen molar-refractivity contribution < 1.29 is 4.79 Å². The molecule has 1 N–H and O–H groups in total. The van der Waals surface area contributed by atoms with Gasteiger partial charge >= 0.3 is 6.03 Å². The van der Waals surface area contributed by atoms with Gasteiger partial charge in [0, 0.05) is 50.5 Å². The summed E-state index contributed by atoms with van der Waals surface area (Å²) in [5.74, 6) is 0. The van der Waals surface area contributed by atoms with E-state index in [0.29, 0.717) is 6.54 Å². The van der Waals surface area contributed by atoms with E-state index in [0.717, 1.165) is 43.7 Å². The minimum atomic E-state index is -0.0563. The summed E-state index contributed by atoms with van der Waals surface area (Å²) in [6, 6.07) is 6.02. The Hall–Kier alpha value is -2.63. The van der Waals surface area contributed by atoms with E-state index in [1.165, 1.54) is 11.3 Å². The quantitative estimate of drug-likeness (QED) is 0.899. The average molecular weight is 367 g/mol. The van der Waals surface area contributed by atoms with Gasteiger partial charge in [-0.2, -0.15) is 0 Å². The molecule has 1 aliphatic rings. The van der Waals surface area contributed by atoms with Crippen molar-refractivity contribution in [2.75, 3.05) is 31.1 Å². The number of pyridine rings is 2. The molecule has 27 heavy (non-hydrogen) atoms. The molecule has 3 rings (SSSR count). The zero-order valence-corrected chi connectivity index (χ0v) is 16.5. The highest BCUT2D eigenvalue weighted by molar-refractivity contribution is 5.75. The fourth-order valence-corrected chi connectivity index (χ4v) is 3.56. The Kier molecular flexibility index (Phi) is 6.27. The van der Waals surface area contributed by atoms with E-state index in [1.54, 1.807) is 6.20 Å². The van der Waals surface area contributed by atoms with Gasteiger partial charge in [0.2, 0.25) is 0 Å². The lowest BCUT2D eigenvalue weighted by Gasteiger charge is -2.26. The van der Waals surface area contributed by atoms with Crippen molar-refractivity contribution in [1.82, 2.24) is 20.2 Å². The van der Waals surface area contributed by atoms with Crippen LogP contribution in [0.5, 0.6) is 0 Å². The van der Waals surface area contributed by atoms with Gasteiger partial charge in [0.25, 0.3) is 0 Å². The lowest BCUT2D eigenvalue weighted by molar-refractivity contribution is 0.196. The van der Waals surface area contributed by atoms with Crippen LogP contribution in [0.2, 0.25) is 0 Å². The van der Waals surface area contributed by atoms with Gasteiger partial charge < -0.3 is 15.1 Å². The molecule has 0 radical (unpaired) electrons. The summed E-state index contributed by atoms with van der Waals surface area (Å²) in [6.45, 7) is 9.46. The summed E-state index contributed by atoms with van der Waals surface area (Å²) >= 11 is 0. The van der Waals surface area contributed by atoms with Crippen LogP contribution in [0.15, 0.2) is 36.8 Å². The summed E-state index contributed by atoms with van der Waals surface area (Å²) in [5.41, 5.74) is 4.47. The topological polar surface area (TPSA) is 61.4 Å². The van der Waals surface area contributed by atoms with Gasteiger partial charge in [-0.15, -0.1) is 0 Å². The minimum Gasteiger partial charge on any atom is -0.369 e. The van der Waals surface area contributed by atoms with E-state index < -0.39 is 0 Å². The fraction of sp³-hybridized carbons (Fsp3) is 0.476. The van der Waals surface area contributed by atoms with Gasteiger partial charge in [-0.1, -0.05) is 6.92 Å². The number of carbonyl (C=O) groups is 1. The number of carbonyl (C=O) groups excluding carboxylic acids is 1. The first-order valence-electron chi connectivity index (χ1n) is 9.72. The van der Waals surface area contributed by atoms with Gasteiger partial charge in [0.15, 0.2) is 0 Å². The van der Waals surface area contributed by atoms with E-state index in [4.69, 9.17) is 0 Å². The number of nitrogens with one attached hydrogen (secondary N) is 1. The van der Waals surface area contributed by atoms with Gasteiger partial charge in [0.05, 0.1) is 11.7 Å². The number of hydrogen-bond acceptors (Lipinski definition) is 4. The second-order valence-corrected chi connectivity index (χ2v) is 7.16. The molecule has 1 aliphatic heterocycles. The number of urea groups is 1. The first-order valence-corrected chi connectivity index (χ1v) is 9.72. The van der Waals surface area contributed by atoms with Gasteiger partial charge in [-0.05, 0) is 56.0 Å². The Morgan fingerprint density at radius 1 is 1.19 bits per heavy atom. The van der Waals surface area contributed by atoms with Crippen molar-refractivity contribution in [2.45, 2.75) is 39.7 Å². The lowest BCUT2D eigenvalue weighted by Crippen LogP contribution is -2.43. The second-order valence-electron chi connectivity index (χ2n) is 7.16. The molecule has 2 amide bonds. The van der Waals surface area contributed by atoms with Crippen molar-refractivity contribution in [3.63, 3.8) is 0 Å². The van der Waals surface area contributed by atoms with Crippen molar-refractivity contribution >= 4 is 11.7 Å². The molecule has 0 unspecified atom stereocenters. The second kappa shape index (κ2) is 8.84. The third-order valence-electron chi connectivity index (χ3n) is 5.11. The standard InChI is InChI=1S/C21H29N5O/c1-4-18(19-14-16(2)6-9-23-19)24-21(27)26-11-5-10-25(12-13-26)20-7-8-22-15-17(20)3/h6-9,14-15,18H,4-5,10-13H2,1-3H3,(H,24,27)/t18-/m1/s1. The molecule has 0 bridgehead atoms. The number of anilines is 1. The lowest BCUT2D eigenvalue weighted by atomic mass is 10.1. The van der Waals surface area contributed by atoms with Crippen LogP contribution in [-0.2, 0) is 0 Å². The predicted octanol–water partition coefficient (Wildman–Crippen LogP) is 3.47. The van der Waals surface area contributed by atoms with E-state index in [-0.39, 0.29) is 12.1 Å². The van der Waals surface area contributed by atoms with E-state index in [9.17, 15) is 4.79 Å². The third kappa shape index (κ3) is 4.76. The Morgan fingerprint density at radius 2 is 2.04 bits per heavy atom. The molecule has 2 aromatic heterocycles. The normalized spacial score (nSPS) is 16.0. The molecule has 1 fully saturated rings. The van der Waals surface area contributed by atoms with Crippen LogP contribution in [0, 0.1) is 13.8 Å². The monoisotopic (exact) mass is 367 g/mol. The van der Waals surface area contributed by atoms with E-state index >= 15 is 0 Å². The first-order chi connectivity index (χ1) is 13.1. The van der Waals surface area contributed by atoms with Crippen LogP contribution < -0.4 is 10.2 Å². The van der Waals surface area contributed by atoms with Crippen LogP contribution in [0.25, 0.3) is 0 Å². The molecule has 6 heteroatoms. The Balaban J connectivity index is 1.63. The molecule has 3 heterocycles. The summed E-state index contributed by atoms with van der Waals surface area (Å²) in [6.07, 6.45) is 7.30. The van der Waals surface area contributed by atoms with E-state index in [1.807, 2.05) is 36.4 Å². The molecular formula is C21H29N5O.